The SMILES string of the molecule is Cn1ccn(-c2ccc(-c3cc(F)cc(-c4cccc(N5CCN(C(C)(C)C)CC5)c4)c3O)nc2)c1=O. The Kier molecular flexibility index (Phi) is 6.37. The van der Waals surface area contributed by atoms with Crippen LogP contribution in [0.25, 0.3) is 28.1 Å². The molecule has 0 radical (unpaired) electrons. The van der Waals surface area contributed by atoms with Gasteiger partial charge in [0.25, 0.3) is 0 Å². The van der Waals surface area contributed by atoms with E-state index in [4.69, 9.17) is 0 Å². The van der Waals surface area contributed by atoms with E-state index in [0.29, 0.717) is 22.5 Å². The maximum absolute atomic E-state index is 14.8. The van der Waals surface area contributed by atoms with Gasteiger partial charge in [-0.2, -0.15) is 0 Å². The Morgan fingerprint density at radius 1 is 0.919 bits per heavy atom. The summed E-state index contributed by atoms with van der Waals surface area (Å²) < 4.78 is 17.7. The number of halogens is 1. The predicted octanol–water partition coefficient (Wildman–Crippen LogP) is 4.67. The number of aromatic hydroxyl groups is 1. The quantitative estimate of drug-likeness (QED) is 0.440. The Bertz CT molecular complexity index is 1480. The van der Waals surface area contributed by atoms with E-state index in [1.54, 1.807) is 37.8 Å². The molecule has 0 unspecified atom stereocenters. The summed E-state index contributed by atoms with van der Waals surface area (Å²) in [6.07, 6.45) is 4.87. The minimum Gasteiger partial charge on any atom is -0.507 e. The highest BCUT2D eigenvalue weighted by Gasteiger charge is 2.26. The number of aryl methyl sites for hydroxylation is 1. The summed E-state index contributed by atoms with van der Waals surface area (Å²) in [4.78, 5) is 21.5. The van der Waals surface area contributed by atoms with E-state index in [9.17, 15) is 14.3 Å². The molecular weight excluding hydrogens is 469 g/mol. The molecular formula is C29H32FN5O2. The number of phenolic OH excluding ortho intramolecular Hbond substituents is 1. The third kappa shape index (κ3) is 4.89. The first kappa shape index (κ1) is 24.8. The van der Waals surface area contributed by atoms with E-state index in [-0.39, 0.29) is 17.0 Å². The zero-order valence-corrected chi connectivity index (χ0v) is 21.6. The van der Waals surface area contributed by atoms with Crippen molar-refractivity contribution in [1.82, 2.24) is 19.0 Å². The van der Waals surface area contributed by atoms with Gasteiger partial charge in [-0.05, 0) is 62.7 Å². The summed E-state index contributed by atoms with van der Waals surface area (Å²) in [6, 6.07) is 13.9. The highest BCUT2D eigenvalue weighted by molar-refractivity contribution is 5.82. The van der Waals surface area contributed by atoms with Gasteiger partial charge in [-0.15, -0.1) is 0 Å². The van der Waals surface area contributed by atoms with Gasteiger partial charge in [-0.25, -0.2) is 9.18 Å². The van der Waals surface area contributed by atoms with Crippen LogP contribution in [0.1, 0.15) is 20.8 Å². The molecule has 192 valence electrons. The van der Waals surface area contributed by atoms with Gasteiger partial charge < -0.3 is 14.6 Å². The van der Waals surface area contributed by atoms with Crippen molar-refractivity contribution >= 4 is 5.69 Å². The third-order valence-corrected chi connectivity index (χ3v) is 7.07. The Labute approximate surface area is 216 Å². The number of imidazole rings is 1. The molecule has 8 heteroatoms. The number of benzene rings is 2. The molecule has 0 aliphatic carbocycles. The number of pyridine rings is 1. The van der Waals surface area contributed by atoms with Crippen molar-refractivity contribution in [3.05, 3.63) is 83.4 Å². The van der Waals surface area contributed by atoms with E-state index in [1.807, 2.05) is 18.2 Å². The van der Waals surface area contributed by atoms with Crippen LogP contribution in [0.4, 0.5) is 10.1 Å². The Balaban J connectivity index is 1.44. The normalized spacial score (nSPS) is 14.8. The van der Waals surface area contributed by atoms with Crippen molar-refractivity contribution in [3.63, 3.8) is 0 Å². The van der Waals surface area contributed by atoms with Gasteiger partial charge in [0.15, 0.2) is 0 Å². The van der Waals surface area contributed by atoms with Gasteiger partial charge in [0.1, 0.15) is 11.6 Å². The van der Waals surface area contributed by atoms with Crippen LogP contribution >= 0.6 is 0 Å². The lowest BCUT2D eigenvalue weighted by Crippen LogP contribution is -2.53. The van der Waals surface area contributed by atoms with Crippen LogP contribution in [0.2, 0.25) is 0 Å². The summed E-state index contributed by atoms with van der Waals surface area (Å²) in [6.45, 7) is 10.5. The van der Waals surface area contributed by atoms with E-state index < -0.39 is 5.82 Å². The topological polar surface area (TPSA) is 66.5 Å². The second-order valence-electron chi connectivity index (χ2n) is 10.5. The fraction of sp³-hybridized carbons (Fsp3) is 0.310. The number of aromatic nitrogens is 3. The van der Waals surface area contributed by atoms with Gasteiger partial charge in [-0.1, -0.05) is 12.1 Å². The van der Waals surface area contributed by atoms with Crippen molar-refractivity contribution in [3.8, 4) is 33.8 Å². The largest absolute Gasteiger partial charge is 0.507 e. The fourth-order valence-electron chi connectivity index (χ4n) is 4.87. The molecule has 1 aliphatic heterocycles. The molecule has 4 aromatic rings. The van der Waals surface area contributed by atoms with Crippen molar-refractivity contribution < 1.29 is 9.50 Å². The summed E-state index contributed by atoms with van der Waals surface area (Å²) >= 11 is 0. The van der Waals surface area contributed by atoms with Crippen LogP contribution in [0.15, 0.2) is 71.9 Å². The van der Waals surface area contributed by atoms with E-state index in [2.05, 4.69) is 41.6 Å². The average molecular weight is 502 g/mol. The molecule has 2 aromatic heterocycles. The molecule has 1 saturated heterocycles. The van der Waals surface area contributed by atoms with Crippen molar-refractivity contribution in [2.45, 2.75) is 26.3 Å². The third-order valence-electron chi connectivity index (χ3n) is 7.07. The molecule has 1 fully saturated rings. The lowest BCUT2D eigenvalue weighted by Gasteiger charge is -2.43. The number of nitrogens with zero attached hydrogens (tertiary/aromatic N) is 5. The van der Waals surface area contributed by atoms with Gasteiger partial charge in [0, 0.05) is 68.0 Å². The Morgan fingerprint density at radius 3 is 2.27 bits per heavy atom. The van der Waals surface area contributed by atoms with Gasteiger partial charge in [0.05, 0.1) is 17.6 Å². The second kappa shape index (κ2) is 9.52. The number of piperazine rings is 1. The molecule has 0 atom stereocenters. The summed E-state index contributed by atoms with van der Waals surface area (Å²) in [5.41, 5.74) is 3.45. The van der Waals surface area contributed by atoms with Gasteiger partial charge in [0.2, 0.25) is 0 Å². The predicted molar refractivity (Wildman–Crippen MR) is 145 cm³/mol. The lowest BCUT2D eigenvalue weighted by atomic mass is 9.98. The number of hydrogen-bond donors (Lipinski definition) is 1. The number of hydrogen-bond acceptors (Lipinski definition) is 5. The van der Waals surface area contributed by atoms with Gasteiger partial charge in [-0.3, -0.25) is 14.5 Å². The van der Waals surface area contributed by atoms with Crippen molar-refractivity contribution in [2.75, 3.05) is 31.1 Å². The smallest absolute Gasteiger partial charge is 0.332 e. The number of phenols is 1. The zero-order valence-electron chi connectivity index (χ0n) is 21.6. The number of rotatable bonds is 4. The minimum absolute atomic E-state index is 0.0340. The molecule has 2 aromatic carbocycles. The molecule has 0 amide bonds. The molecule has 0 bridgehead atoms. The molecule has 37 heavy (non-hydrogen) atoms. The first-order chi connectivity index (χ1) is 17.6. The van der Waals surface area contributed by atoms with Crippen molar-refractivity contribution in [1.29, 1.82) is 0 Å². The maximum Gasteiger partial charge on any atom is 0.332 e. The highest BCUT2D eigenvalue weighted by Crippen LogP contribution is 2.39. The monoisotopic (exact) mass is 501 g/mol. The molecule has 0 spiro atoms. The summed E-state index contributed by atoms with van der Waals surface area (Å²) in [5, 5.41) is 11.2. The highest BCUT2D eigenvalue weighted by atomic mass is 19.1. The van der Waals surface area contributed by atoms with Crippen LogP contribution < -0.4 is 10.6 Å². The van der Waals surface area contributed by atoms with E-state index in [1.165, 1.54) is 21.3 Å². The van der Waals surface area contributed by atoms with Crippen LogP contribution in [-0.4, -0.2) is 55.8 Å². The molecule has 3 heterocycles. The second-order valence-corrected chi connectivity index (χ2v) is 10.5. The number of anilines is 1. The molecule has 0 saturated carbocycles. The summed E-state index contributed by atoms with van der Waals surface area (Å²) in [5.74, 6) is -0.495. The Hall–Kier alpha value is -3.91. The van der Waals surface area contributed by atoms with E-state index >= 15 is 0 Å². The molecule has 1 N–H and O–H groups in total. The van der Waals surface area contributed by atoms with E-state index in [0.717, 1.165) is 37.4 Å². The van der Waals surface area contributed by atoms with Crippen LogP contribution in [0.3, 0.4) is 0 Å². The van der Waals surface area contributed by atoms with Crippen LogP contribution in [0.5, 0.6) is 5.75 Å². The van der Waals surface area contributed by atoms with Crippen molar-refractivity contribution in [2.24, 2.45) is 7.05 Å². The molecule has 1 aliphatic rings. The van der Waals surface area contributed by atoms with Crippen LogP contribution in [-0.2, 0) is 7.05 Å². The first-order valence-electron chi connectivity index (χ1n) is 12.5. The average Bonchev–Trinajstić information content (AvgIpc) is 3.23. The van der Waals surface area contributed by atoms with Crippen LogP contribution in [0, 0.1) is 5.82 Å². The molecule has 7 nitrogen and oxygen atoms in total. The standard InChI is InChI=1S/C29H32FN5O2/c1-29(2,3)34-13-11-33(12-14-34)22-7-5-6-20(16-22)24-17-21(30)18-25(27(24)36)26-9-8-23(19-31-26)35-15-10-32(4)28(35)37/h5-10,15-19,36H,11-14H2,1-4H3. The van der Waals surface area contributed by atoms with Gasteiger partial charge >= 0.3 is 5.69 Å². The Morgan fingerprint density at radius 2 is 1.65 bits per heavy atom. The summed E-state index contributed by atoms with van der Waals surface area (Å²) in [7, 11) is 1.67. The molecule has 5 rings (SSSR count). The minimum atomic E-state index is -0.461. The first-order valence-corrected chi connectivity index (χ1v) is 12.5. The zero-order chi connectivity index (χ0) is 26.3. The fourth-order valence-corrected chi connectivity index (χ4v) is 4.87. The maximum atomic E-state index is 14.8. The lowest BCUT2D eigenvalue weighted by molar-refractivity contribution is 0.128.